The number of alkyl halides is 3. The maximum atomic E-state index is 14.2. The molecule has 0 saturated heterocycles. The lowest BCUT2D eigenvalue weighted by Crippen LogP contribution is -2.44. The maximum Gasteiger partial charge on any atom is 0.417 e. The number of carboxylic acids is 1. The van der Waals surface area contributed by atoms with E-state index in [-0.39, 0.29) is 34.8 Å². The molecule has 0 bridgehead atoms. The molecule has 1 atom stereocenters. The first-order valence-corrected chi connectivity index (χ1v) is 13.7. The molecule has 0 aliphatic carbocycles. The Labute approximate surface area is 237 Å². The second-order valence-corrected chi connectivity index (χ2v) is 10.7. The number of carboxylic acid groups (broad SMARTS) is 1. The number of fused-ring (bicyclic) bond motifs is 1. The molecule has 0 aromatic heterocycles. The van der Waals surface area contributed by atoms with Gasteiger partial charge in [-0.25, -0.2) is 4.79 Å². The Bertz CT molecular complexity index is 1450. The number of aliphatic carboxylic acids is 1. The van der Waals surface area contributed by atoms with Gasteiger partial charge in [0.25, 0.3) is 11.8 Å². The molecule has 3 aromatic rings. The monoisotopic (exact) mass is 566 g/mol. The van der Waals surface area contributed by atoms with Gasteiger partial charge in [0.1, 0.15) is 6.04 Å². The molecule has 41 heavy (non-hydrogen) atoms. The van der Waals surface area contributed by atoms with Crippen molar-refractivity contribution in [1.82, 2.24) is 4.90 Å². The summed E-state index contributed by atoms with van der Waals surface area (Å²) in [5, 5.41) is 12.2. The van der Waals surface area contributed by atoms with Crippen LogP contribution in [0.4, 0.5) is 18.9 Å². The number of hydrogen-bond acceptors (Lipinski definition) is 3. The quantitative estimate of drug-likeness (QED) is 0.250. The van der Waals surface area contributed by atoms with E-state index >= 15 is 0 Å². The smallest absolute Gasteiger partial charge is 0.417 e. The fraction of sp³-hybridized carbons (Fsp3) is 0.344. The summed E-state index contributed by atoms with van der Waals surface area (Å²) in [7, 11) is 0. The lowest BCUT2D eigenvalue weighted by atomic mass is 9.95. The number of nitrogens with zero attached hydrogens (tertiary/aromatic N) is 1. The molecule has 1 aliphatic rings. The highest BCUT2D eigenvalue weighted by atomic mass is 19.4. The summed E-state index contributed by atoms with van der Waals surface area (Å²) in [4.78, 5) is 38.9. The Morgan fingerprint density at radius 2 is 1.68 bits per heavy atom. The first-order chi connectivity index (χ1) is 19.4. The van der Waals surface area contributed by atoms with E-state index in [0.717, 1.165) is 37.3 Å². The first-order valence-electron chi connectivity index (χ1n) is 13.7. The van der Waals surface area contributed by atoms with Crippen LogP contribution < -0.4 is 5.32 Å². The Morgan fingerprint density at radius 1 is 0.976 bits per heavy atom. The number of anilines is 1. The minimum Gasteiger partial charge on any atom is -0.480 e. The summed E-state index contributed by atoms with van der Waals surface area (Å²) in [6.45, 7) is 5.58. The number of halogens is 3. The van der Waals surface area contributed by atoms with Crippen LogP contribution in [0.5, 0.6) is 0 Å². The average Bonchev–Trinajstić information content (AvgIpc) is 3.23. The minimum absolute atomic E-state index is 0.0113. The van der Waals surface area contributed by atoms with Gasteiger partial charge in [-0.2, -0.15) is 13.2 Å². The number of nitrogens with one attached hydrogen (secondary N) is 1. The highest BCUT2D eigenvalue weighted by molar-refractivity contribution is 6.04. The van der Waals surface area contributed by atoms with E-state index in [1.807, 2.05) is 12.1 Å². The van der Waals surface area contributed by atoms with Crippen molar-refractivity contribution < 1.29 is 32.7 Å². The molecule has 216 valence electrons. The lowest BCUT2D eigenvalue weighted by Gasteiger charge is -2.27. The molecule has 4 rings (SSSR count). The number of hydrogen-bond donors (Lipinski definition) is 2. The zero-order valence-electron chi connectivity index (χ0n) is 23.2. The Kier molecular flexibility index (Phi) is 8.85. The summed E-state index contributed by atoms with van der Waals surface area (Å²) in [5.41, 5.74) is 1.20. The Hall–Kier alpha value is -4.14. The van der Waals surface area contributed by atoms with E-state index in [1.54, 1.807) is 32.0 Å². The van der Waals surface area contributed by atoms with Gasteiger partial charge >= 0.3 is 12.1 Å². The van der Waals surface area contributed by atoms with Crippen LogP contribution in [0.2, 0.25) is 0 Å². The largest absolute Gasteiger partial charge is 0.480 e. The number of amides is 2. The van der Waals surface area contributed by atoms with Crippen LogP contribution in [0, 0.1) is 5.92 Å². The van der Waals surface area contributed by atoms with Gasteiger partial charge in [-0.3, -0.25) is 9.59 Å². The normalized spacial score (nSPS) is 13.8. The van der Waals surface area contributed by atoms with Crippen LogP contribution >= 0.6 is 0 Å². The number of benzene rings is 3. The molecule has 0 unspecified atom stereocenters. The molecule has 2 amide bonds. The van der Waals surface area contributed by atoms with Gasteiger partial charge in [-0.1, -0.05) is 63.9 Å². The highest BCUT2D eigenvalue weighted by Crippen LogP contribution is 2.40. The summed E-state index contributed by atoms with van der Waals surface area (Å²) in [5.74, 6) is -2.54. The summed E-state index contributed by atoms with van der Waals surface area (Å²) < 4.78 is 42.6. The van der Waals surface area contributed by atoms with Crippen LogP contribution in [0.25, 0.3) is 11.1 Å². The predicted molar refractivity (Wildman–Crippen MR) is 151 cm³/mol. The number of rotatable bonds is 10. The summed E-state index contributed by atoms with van der Waals surface area (Å²) in [6.07, 6.45) is -0.573. The molecule has 0 saturated carbocycles. The molecular formula is C32H33F3N2O4. The van der Waals surface area contributed by atoms with Gasteiger partial charge in [-0.05, 0) is 71.3 Å². The van der Waals surface area contributed by atoms with Crippen molar-refractivity contribution in [3.63, 3.8) is 0 Å². The van der Waals surface area contributed by atoms with Gasteiger partial charge in [0.15, 0.2) is 0 Å². The molecule has 0 radical (unpaired) electrons. The maximum absolute atomic E-state index is 14.2. The number of carbonyl (C=O) groups is 3. The van der Waals surface area contributed by atoms with Crippen LogP contribution in [-0.2, 0) is 23.9 Å². The second kappa shape index (κ2) is 12.2. The third-order valence-corrected chi connectivity index (χ3v) is 7.34. The van der Waals surface area contributed by atoms with Gasteiger partial charge < -0.3 is 15.3 Å². The van der Waals surface area contributed by atoms with Gasteiger partial charge in [-0.15, -0.1) is 0 Å². The number of aryl methyl sites for hydroxylation is 1. The minimum atomic E-state index is -4.74. The van der Waals surface area contributed by atoms with Crippen molar-refractivity contribution in [2.75, 3.05) is 5.32 Å². The summed E-state index contributed by atoms with van der Waals surface area (Å²) in [6, 6.07) is 13.9. The highest BCUT2D eigenvalue weighted by Gasteiger charge is 2.39. The fourth-order valence-electron chi connectivity index (χ4n) is 5.21. The standard InChI is InChI=1S/C32H33F3N2O4/c1-4-5-6-7-20-8-10-21(11-9-20)29(38)36-24-14-15-25(27(17-24)32(33,34)35)22-12-13-23-18-37(30(39)26(23)16-22)28(19(2)3)31(40)41/h8-17,19,28H,4-7,18H2,1-3H3,(H,36,38)(H,40,41)/t28-/m0/s1. The molecule has 1 heterocycles. The third kappa shape index (κ3) is 6.61. The van der Waals surface area contributed by atoms with Crippen molar-refractivity contribution in [2.24, 2.45) is 5.92 Å². The zero-order chi connectivity index (χ0) is 29.9. The van der Waals surface area contributed by atoms with Crippen molar-refractivity contribution in [3.05, 3.63) is 88.5 Å². The van der Waals surface area contributed by atoms with Gasteiger partial charge in [0.05, 0.1) is 5.56 Å². The SMILES string of the molecule is CCCCCc1ccc(C(=O)Nc2ccc(-c3ccc4c(c3)C(=O)N([C@H](C(=O)O)C(C)C)C4)c(C(F)(F)F)c2)cc1. The van der Waals surface area contributed by atoms with Crippen LogP contribution in [-0.4, -0.2) is 33.8 Å². The lowest BCUT2D eigenvalue weighted by molar-refractivity contribution is -0.144. The van der Waals surface area contributed by atoms with E-state index < -0.39 is 35.6 Å². The topological polar surface area (TPSA) is 86.7 Å². The van der Waals surface area contributed by atoms with E-state index in [4.69, 9.17) is 0 Å². The number of carbonyl (C=O) groups excluding carboxylic acids is 2. The van der Waals surface area contributed by atoms with Gasteiger partial charge in [0.2, 0.25) is 0 Å². The average molecular weight is 567 g/mol. The molecule has 9 heteroatoms. The van der Waals surface area contributed by atoms with Crippen LogP contribution in [0.3, 0.4) is 0 Å². The fourth-order valence-corrected chi connectivity index (χ4v) is 5.21. The van der Waals surface area contributed by atoms with E-state index in [9.17, 15) is 32.7 Å². The van der Waals surface area contributed by atoms with E-state index in [1.165, 1.54) is 29.2 Å². The van der Waals surface area contributed by atoms with Crippen LogP contribution in [0.1, 0.15) is 77.4 Å². The predicted octanol–water partition coefficient (Wildman–Crippen LogP) is 7.42. The van der Waals surface area contributed by atoms with E-state index in [0.29, 0.717) is 11.1 Å². The van der Waals surface area contributed by atoms with E-state index in [2.05, 4.69) is 12.2 Å². The molecule has 3 aromatic carbocycles. The molecule has 6 nitrogen and oxygen atoms in total. The van der Waals surface area contributed by atoms with Crippen molar-refractivity contribution in [3.8, 4) is 11.1 Å². The molecule has 1 aliphatic heterocycles. The number of unbranched alkanes of at least 4 members (excludes halogenated alkanes) is 2. The molecule has 0 fully saturated rings. The van der Waals surface area contributed by atoms with Gasteiger partial charge in [0, 0.05) is 23.4 Å². The first kappa shape index (κ1) is 29.8. The van der Waals surface area contributed by atoms with Crippen molar-refractivity contribution in [1.29, 1.82) is 0 Å². The summed E-state index contributed by atoms with van der Waals surface area (Å²) >= 11 is 0. The van der Waals surface area contributed by atoms with Crippen molar-refractivity contribution >= 4 is 23.5 Å². The second-order valence-electron chi connectivity index (χ2n) is 10.7. The molecular weight excluding hydrogens is 533 g/mol. The molecule has 2 N–H and O–H groups in total. The third-order valence-electron chi connectivity index (χ3n) is 7.34. The zero-order valence-corrected chi connectivity index (χ0v) is 23.2. The Balaban J connectivity index is 1.58. The Morgan fingerprint density at radius 3 is 2.29 bits per heavy atom. The molecule has 0 spiro atoms. The van der Waals surface area contributed by atoms with Crippen molar-refractivity contribution in [2.45, 2.75) is 65.2 Å². The van der Waals surface area contributed by atoms with Crippen LogP contribution in [0.15, 0.2) is 60.7 Å².